The molecular formula is C15H27NO3. The molecule has 1 aliphatic rings. The SMILES string of the molecule is CC1CCCC(C(=O)NCCCCCCC(=O)O)C1. The molecule has 0 radical (unpaired) electrons. The zero-order chi connectivity index (χ0) is 14.1. The standard InChI is InChI=1S/C15H27NO3/c1-12-7-6-8-13(11-12)15(19)16-10-5-3-2-4-9-14(17)18/h12-13H,2-11H2,1H3,(H,16,19)(H,17,18). The molecule has 1 fully saturated rings. The van der Waals surface area contributed by atoms with Crippen molar-refractivity contribution in [2.45, 2.75) is 64.7 Å². The van der Waals surface area contributed by atoms with Gasteiger partial charge in [0.2, 0.25) is 5.91 Å². The minimum absolute atomic E-state index is 0.218. The third-order valence-corrected chi connectivity index (χ3v) is 3.92. The Hall–Kier alpha value is -1.06. The molecule has 19 heavy (non-hydrogen) atoms. The second-order valence-electron chi connectivity index (χ2n) is 5.82. The number of unbranched alkanes of at least 4 members (excludes halogenated alkanes) is 3. The van der Waals surface area contributed by atoms with Crippen LogP contribution >= 0.6 is 0 Å². The first-order valence-electron chi connectivity index (χ1n) is 7.59. The number of nitrogens with one attached hydrogen (secondary N) is 1. The third kappa shape index (κ3) is 7.19. The molecule has 2 unspecified atom stereocenters. The molecule has 4 nitrogen and oxygen atoms in total. The van der Waals surface area contributed by atoms with Gasteiger partial charge in [-0.3, -0.25) is 9.59 Å². The van der Waals surface area contributed by atoms with Crippen LogP contribution in [0.15, 0.2) is 0 Å². The van der Waals surface area contributed by atoms with E-state index in [4.69, 9.17) is 5.11 Å². The maximum atomic E-state index is 11.9. The fraction of sp³-hybridized carbons (Fsp3) is 0.867. The average molecular weight is 269 g/mol. The minimum Gasteiger partial charge on any atom is -0.481 e. The highest BCUT2D eigenvalue weighted by molar-refractivity contribution is 5.78. The maximum absolute atomic E-state index is 11.9. The summed E-state index contributed by atoms with van der Waals surface area (Å²) in [5.41, 5.74) is 0. The van der Waals surface area contributed by atoms with Crippen molar-refractivity contribution < 1.29 is 14.7 Å². The minimum atomic E-state index is -0.722. The number of hydrogen-bond acceptors (Lipinski definition) is 2. The van der Waals surface area contributed by atoms with E-state index in [-0.39, 0.29) is 18.2 Å². The van der Waals surface area contributed by atoms with E-state index in [0.29, 0.717) is 5.92 Å². The molecule has 110 valence electrons. The van der Waals surface area contributed by atoms with Crippen LogP contribution in [0.4, 0.5) is 0 Å². The fourth-order valence-corrected chi connectivity index (χ4v) is 2.78. The van der Waals surface area contributed by atoms with Gasteiger partial charge in [0.05, 0.1) is 0 Å². The number of carbonyl (C=O) groups excluding carboxylic acids is 1. The van der Waals surface area contributed by atoms with Gasteiger partial charge in [-0.1, -0.05) is 32.6 Å². The maximum Gasteiger partial charge on any atom is 0.303 e. The van der Waals surface area contributed by atoms with Gasteiger partial charge in [0.15, 0.2) is 0 Å². The largest absolute Gasteiger partial charge is 0.481 e. The monoisotopic (exact) mass is 269 g/mol. The van der Waals surface area contributed by atoms with E-state index in [1.165, 1.54) is 12.8 Å². The number of amides is 1. The molecule has 0 aromatic heterocycles. The Morgan fingerprint density at radius 2 is 1.89 bits per heavy atom. The summed E-state index contributed by atoms with van der Waals surface area (Å²) < 4.78 is 0. The van der Waals surface area contributed by atoms with Crippen molar-refractivity contribution in [1.82, 2.24) is 5.32 Å². The molecule has 0 aliphatic heterocycles. The number of carboxylic acids is 1. The molecule has 0 heterocycles. The van der Waals surface area contributed by atoms with Gasteiger partial charge in [0.25, 0.3) is 0 Å². The summed E-state index contributed by atoms with van der Waals surface area (Å²) in [6, 6.07) is 0. The van der Waals surface area contributed by atoms with Crippen molar-refractivity contribution in [3.05, 3.63) is 0 Å². The van der Waals surface area contributed by atoms with Gasteiger partial charge in [0, 0.05) is 18.9 Å². The third-order valence-electron chi connectivity index (χ3n) is 3.92. The quantitative estimate of drug-likeness (QED) is 0.666. The van der Waals surface area contributed by atoms with Crippen LogP contribution in [0.3, 0.4) is 0 Å². The first kappa shape index (κ1) is 16.0. The summed E-state index contributed by atoms with van der Waals surface area (Å²) in [4.78, 5) is 22.3. The summed E-state index contributed by atoms with van der Waals surface area (Å²) >= 11 is 0. The van der Waals surface area contributed by atoms with Crippen LogP contribution < -0.4 is 5.32 Å². The smallest absolute Gasteiger partial charge is 0.303 e. The Morgan fingerprint density at radius 1 is 1.16 bits per heavy atom. The van der Waals surface area contributed by atoms with E-state index < -0.39 is 5.97 Å². The summed E-state index contributed by atoms with van der Waals surface area (Å²) in [7, 11) is 0. The molecule has 4 heteroatoms. The Morgan fingerprint density at radius 3 is 2.58 bits per heavy atom. The summed E-state index contributed by atoms with van der Waals surface area (Å²) in [6.07, 6.45) is 8.38. The van der Waals surface area contributed by atoms with Crippen molar-refractivity contribution in [3.8, 4) is 0 Å². The van der Waals surface area contributed by atoms with Gasteiger partial charge < -0.3 is 10.4 Å². The average Bonchev–Trinajstić information content (AvgIpc) is 2.37. The highest BCUT2D eigenvalue weighted by Crippen LogP contribution is 2.28. The molecule has 1 amide bonds. The predicted molar refractivity (Wildman–Crippen MR) is 74.9 cm³/mol. The lowest BCUT2D eigenvalue weighted by atomic mass is 9.82. The lowest BCUT2D eigenvalue weighted by Crippen LogP contribution is -2.34. The molecule has 1 saturated carbocycles. The van der Waals surface area contributed by atoms with Gasteiger partial charge in [0.1, 0.15) is 0 Å². The normalized spacial score (nSPS) is 23.0. The Balaban J connectivity index is 1.99. The van der Waals surface area contributed by atoms with Gasteiger partial charge in [-0.05, 0) is 31.6 Å². The Bertz CT molecular complexity index is 291. The van der Waals surface area contributed by atoms with Crippen LogP contribution in [0.25, 0.3) is 0 Å². The summed E-state index contributed by atoms with van der Waals surface area (Å²) in [6.45, 7) is 2.96. The van der Waals surface area contributed by atoms with Crippen LogP contribution in [0, 0.1) is 11.8 Å². The number of carboxylic acid groups (broad SMARTS) is 1. The molecule has 0 bridgehead atoms. The van der Waals surface area contributed by atoms with Gasteiger partial charge in [-0.25, -0.2) is 0 Å². The highest BCUT2D eigenvalue weighted by atomic mass is 16.4. The second-order valence-corrected chi connectivity index (χ2v) is 5.82. The number of rotatable bonds is 8. The van der Waals surface area contributed by atoms with Gasteiger partial charge in [-0.15, -0.1) is 0 Å². The Kier molecular flexibility index (Phi) is 7.53. The number of aliphatic carboxylic acids is 1. The molecule has 0 aromatic carbocycles. The first-order valence-corrected chi connectivity index (χ1v) is 7.59. The molecule has 2 atom stereocenters. The van der Waals surface area contributed by atoms with Crippen molar-refractivity contribution in [1.29, 1.82) is 0 Å². The van der Waals surface area contributed by atoms with Crippen molar-refractivity contribution in [2.75, 3.05) is 6.54 Å². The lowest BCUT2D eigenvalue weighted by Gasteiger charge is -2.25. The van der Waals surface area contributed by atoms with Crippen molar-refractivity contribution in [2.24, 2.45) is 11.8 Å². The Labute approximate surface area is 116 Å². The van der Waals surface area contributed by atoms with E-state index in [1.807, 2.05) is 0 Å². The van der Waals surface area contributed by atoms with Crippen LogP contribution in [0.5, 0.6) is 0 Å². The van der Waals surface area contributed by atoms with Gasteiger partial charge in [-0.2, -0.15) is 0 Å². The van der Waals surface area contributed by atoms with Gasteiger partial charge >= 0.3 is 5.97 Å². The first-order chi connectivity index (χ1) is 9.09. The summed E-state index contributed by atoms with van der Waals surface area (Å²) in [5.74, 6) is 0.396. The lowest BCUT2D eigenvalue weighted by molar-refractivity contribution is -0.137. The molecular weight excluding hydrogens is 242 g/mol. The zero-order valence-corrected chi connectivity index (χ0v) is 12.0. The highest BCUT2D eigenvalue weighted by Gasteiger charge is 2.24. The molecule has 1 rings (SSSR count). The molecule has 0 aromatic rings. The zero-order valence-electron chi connectivity index (χ0n) is 12.0. The van der Waals surface area contributed by atoms with Crippen LogP contribution in [0.1, 0.15) is 64.7 Å². The van der Waals surface area contributed by atoms with Crippen molar-refractivity contribution in [3.63, 3.8) is 0 Å². The number of hydrogen-bond donors (Lipinski definition) is 2. The van der Waals surface area contributed by atoms with E-state index in [2.05, 4.69) is 12.2 Å². The molecule has 0 saturated heterocycles. The predicted octanol–water partition coefficient (Wildman–Crippen LogP) is 2.96. The molecule has 1 aliphatic carbocycles. The van der Waals surface area contributed by atoms with Crippen LogP contribution in [0.2, 0.25) is 0 Å². The van der Waals surface area contributed by atoms with E-state index in [9.17, 15) is 9.59 Å². The van der Waals surface area contributed by atoms with Crippen LogP contribution in [-0.2, 0) is 9.59 Å². The second kappa shape index (κ2) is 8.94. The molecule has 0 spiro atoms. The molecule has 2 N–H and O–H groups in total. The van der Waals surface area contributed by atoms with E-state index in [1.54, 1.807) is 0 Å². The number of carbonyl (C=O) groups is 2. The van der Waals surface area contributed by atoms with Crippen molar-refractivity contribution >= 4 is 11.9 Å². The fourth-order valence-electron chi connectivity index (χ4n) is 2.78. The van der Waals surface area contributed by atoms with E-state index in [0.717, 1.165) is 45.1 Å². The summed E-state index contributed by atoms with van der Waals surface area (Å²) in [5, 5.41) is 11.5. The topological polar surface area (TPSA) is 66.4 Å². The van der Waals surface area contributed by atoms with Crippen LogP contribution in [-0.4, -0.2) is 23.5 Å². The van der Waals surface area contributed by atoms with E-state index >= 15 is 0 Å².